The van der Waals surface area contributed by atoms with Crippen molar-refractivity contribution in [2.75, 3.05) is 18.4 Å². The summed E-state index contributed by atoms with van der Waals surface area (Å²) in [4.78, 5) is 26.7. The van der Waals surface area contributed by atoms with Crippen LogP contribution in [-0.4, -0.2) is 44.4 Å². The molecule has 5 rings (SSSR count). The molecule has 0 aliphatic carbocycles. The molecule has 3 heterocycles. The van der Waals surface area contributed by atoms with Crippen LogP contribution in [0.3, 0.4) is 0 Å². The van der Waals surface area contributed by atoms with Crippen LogP contribution in [0, 0.1) is 0 Å². The molecule has 0 bridgehead atoms. The predicted octanol–water partition coefficient (Wildman–Crippen LogP) is 4.73. The highest BCUT2D eigenvalue weighted by Gasteiger charge is 2.43. The van der Waals surface area contributed by atoms with E-state index in [1.54, 1.807) is 11.0 Å². The number of nitrogens with zero attached hydrogens (tertiary/aromatic N) is 4. The fourth-order valence-corrected chi connectivity index (χ4v) is 3.80. The van der Waals surface area contributed by atoms with E-state index in [1.165, 1.54) is 12.4 Å². The van der Waals surface area contributed by atoms with Gasteiger partial charge in [0.15, 0.2) is 5.82 Å². The van der Waals surface area contributed by atoms with E-state index >= 15 is 0 Å². The molecular weight excluding hydrogens is 430 g/mol. The SMILES string of the molecule is C=CC(=O)N1CC(C)(Oc2ccc3ncnc(Nc4ccc(Oc5ccccc5)cc4)c3n2)C1. The summed E-state index contributed by atoms with van der Waals surface area (Å²) >= 11 is 0. The van der Waals surface area contributed by atoms with E-state index in [4.69, 9.17) is 9.47 Å². The van der Waals surface area contributed by atoms with Crippen molar-refractivity contribution in [3.8, 4) is 17.4 Å². The number of aromatic nitrogens is 3. The van der Waals surface area contributed by atoms with Gasteiger partial charge in [0.2, 0.25) is 11.8 Å². The van der Waals surface area contributed by atoms with E-state index in [0.29, 0.717) is 35.8 Å². The predicted molar refractivity (Wildman–Crippen MR) is 129 cm³/mol. The van der Waals surface area contributed by atoms with Crippen LogP contribution in [0.15, 0.2) is 85.7 Å². The minimum Gasteiger partial charge on any atom is -0.468 e. The van der Waals surface area contributed by atoms with E-state index in [0.717, 1.165) is 17.2 Å². The van der Waals surface area contributed by atoms with Crippen LogP contribution >= 0.6 is 0 Å². The van der Waals surface area contributed by atoms with Crippen LogP contribution in [0.4, 0.5) is 11.5 Å². The van der Waals surface area contributed by atoms with Crippen molar-refractivity contribution in [3.63, 3.8) is 0 Å². The summed E-state index contributed by atoms with van der Waals surface area (Å²) in [7, 11) is 0. The number of amides is 1. The molecule has 34 heavy (non-hydrogen) atoms. The Kier molecular flexibility index (Phi) is 5.55. The number of pyridine rings is 1. The number of likely N-dealkylation sites (tertiary alicyclic amines) is 1. The topological polar surface area (TPSA) is 89.5 Å². The lowest BCUT2D eigenvalue weighted by Gasteiger charge is -2.46. The smallest absolute Gasteiger partial charge is 0.246 e. The Morgan fingerprint density at radius 3 is 2.50 bits per heavy atom. The van der Waals surface area contributed by atoms with Crippen LogP contribution in [-0.2, 0) is 4.79 Å². The summed E-state index contributed by atoms with van der Waals surface area (Å²) in [6.45, 7) is 6.43. The van der Waals surface area contributed by atoms with Gasteiger partial charge in [0.05, 0.1) is 18.6 Å². The van der Waals surface area contributed by atoms with Gasteiger partial charge in [-0.3, -0.25) is 4.79 Å². The number of benzene rings is 2. The Bertz CT molecular complexity index is 1340. The van der Waals surface area contributed by atoms with E-state index in [-0.39, 0.29) is 5.91 Å². The van der Waals surface area contributed by atoms with Gasteiger partial charge in [-0.15, -0.1) is 0 Å². The van der Waals surface area contributed by atoms with Gasteiger partial charge in [-0.1, -0.05) is 24.8 Å². The first kappa shape index (κ1) is 21.4. The fourth-order valence-electron chi connectivity index (χ4n) is 3.80. The Morgan fingerprint density at radius 2 is 1.76 bits per heavy atom. The molecule has 2 aromatic heterocycles. The molecule has 170 valence electrons. The quantitative estimate of drug-likeness (QED) is 0.405. The van der Waals surface area contributed by atoms with Crippen molar-refractivity contribution in [2.45, 2.75) is 12.5 Å². The molecule has 1 amide bonds. The number of hydrogen-bond donors (Lipinski definition) is 1. The second-order valence-corrected chi connectivity index (χ2v) is 8.25. The second kappa shape index (κ2) is 8.82. The van der Waals surface area contributed by atoms with E-state index < -0.39 is 5.60 Å². The maximum absolute atomic E-state index is 11.7. The van der Waals surface area contributed by atoms with Crippen molar-refractivity contribution in [3.05, 3.63) is 85.7 Å². The van der Waals surface area contributed by atoms with E-state index in [9.17, 15) is 4.79 Å². The molecule has 1 N–H and O–H groups in total. The number of hydrogen-bond acceptors (Lipinski definition) is 7. The Morgan fingerprint density at radius 1 is 1.03 bits per heavy atom. The normalized spacial score (nSPS) is 14.2. The molecule has 8 heteroatoms. The minimum atomic E-state index is -0.503. The molecule has 0 unspecified atom stereocenters. The molecule has 4 aromatic rings. The van der Waals surface area contributed by atoms with Crippen LogP contribution in [0.1, 0.15) is 6.92 Å². The Labute approximate surface area is 196 Å². The highest BCUT2D eigenvalue weighted by molar-refractivity contribution is 5.88. The zero-order valence-electron chi connectivity index (χ0n) is 18.6. The molecule has 1 fully saturated rings. The van der Waals surface area contributed by atoms with Gasteiger partial charge in [-0.2, -0.15) is 0 Å². The standard InChI is InChI=1S/C26H23N5O3/c1-3-23(32)31-15-26(2,16-31)34-22-14-13-21-24(30-22)25(28-17-27-21)29-18-9-11-20(12-10-18)33-19-7-5-4-6-8-19/h3-14,17H,1,15-16H2,2H3,(H,27,28,29). The molecule has 0 spiro atoms. The molecule has 8 nitrogen and oxygen atoms in total. The number of fused-ring (bicyclic) bond motifs is 1. The zero-order chi connectivity index (χ0) is 23.5. The van der Waals surface area contributed by atoms with E-state index in [2.05, 4.69) is 26.8 Å². The highest BCUT2D eigenvalue weighted by atomic mass is 16.5. The van der Waals surface area contributed by atoms with Crippen molar-refractivity contribution in [1.82, 2.24) is 19.9 Å². The van der Waals surface area contributed by atoms with Crippen LogP contribution < -0.4 is 14.8 Å². The van der Waals surface area contributed by atoms with Gasteiger partial charge >= 0.3 is 0 Å². The first-order valence-corrected chi connectivity index (χ1v) is 10.8. The maximum atomic E-state index is 11.7. The minimum absolute atomic E-state index is 0.104. The summed E-state index contributed by atoms with van der Waals surface area (Å²) in [5.74, 6) is 2.42. The molecule has 1 aliphatic heterocycles. The first-order valence-electron chi connectivity index (χ1n) is 10.8. The fraction of sp³-hybridized carbons (Fsp3) is 0.154. The number of anilines is 2. The highest BCUT2D eigenvalue weighted by Crippen LogP contribution is 2.30. The van der Waals surface area contributed by atoms with Crippen molar-refractivity contribution in [1.29, 1.82) is 0 Å². The number of ether oxygens (including phenoxy) is 2. The lowest BCUT2D eigenvalue weighted by molar-refractivity contribution is -0.143. The number of para-hydroxylation sites is 1. The maximum Gasteiger partial charge on any atom is 0.246 e. The van der Waals surface area contributed by atoms with Crippen LogP contribution in [0.5, 0.6) is 17.4 Å². The largest absolute Gasteiger partial charge is 0.468 e. The van der Waals surface area contributed by atoms with Crippen molar-refractivity contribution >= 4 is 28.4 Å². The van der Waals surface area contributed by atoms with Gasteiger partial charge in [0, 0.05) is 11.8 Å². The number of carbonyl (C=O) groups is 1. The molecule has 2 aromatic carbocycles. The van der Waals surface area contributed by atoms with Gasteiger partial charge < -0.3 is 19.7 Å². The number of nitrogens with one attached hydrogen (secondary N) is 1. The summed E-state index contributed by atoms with van der Waals surface area (Å²) in [6, 6.07) is 20.8. The average molecular weight is 454 g/mol. The average Bonchev–Trinajstić information content (AvgIpc) is 2.84. The summed E-state index contributed by atoms with van der Waals surface area (Å²) in [5.41, 5.74) is 1.61. The molecule has 0 atom stereocenters. The lowest BCUT2D eigenvalue weighted by Crippen LogP contribution is -2.64. The monoisotopic (exact) mass is 453 g/mol. The first-order chi connectivity index (χ1) is 16.5. The lowest BCUT2D eigenvalue weighted by atomic mass is 9.96. The number of carbonyl (C=O) groups excluding carboxylic acids is 1. The summed E-state index contributed by atoms with van der Waals surface area (Å²) in [6.07, 6.45) is 2.80. The Hall–Kier alpha value is -4.46. The van der Waals surface area contributed by atoms with E-state index in [1.807, 2.05) is 67.6 Å². The zero-order valence-corrected chi connectivity index (χ0v) is 18.6. The summed E-state index contributed by atoms with van der Waals surface area (Å²) in [5, 5.41) is 3.30. The van der Waals surface area contributed by atoms with Crippen molar-refractivity contribution < 1.29 is 14.3 Å². The van der Waals surface area contributed by atoms with Gasteiger partial charge in [-0.05, 0) is 55.5 Å². The second-order valence-electron chi connectivity index (χ2n) is 8.25. The molecule has 1 saturated heterocycles. The van der Waals surface area contributed by atoms with Crippen molar-refractivity contribution in [2.24, 2.45) is 0 Å². The van der Waals surface area contributed by atoms with Gasteiger partial charge in [-0.25, -0.2) is 15.0 Å². The van der Waals surface area contributed by atoms with Gasteiger partial charge in [0.1, 0.15) is 28.9 Å². The van der Waals surface area contributed by atoms with Crippen LogP contribution in [0.2, 0.25) is 0 Å². The number of rotatable bonds is 7. The molecule has 1 aliphatic rings. The third kappa shape index (κ3) is 4.52. The van der Waals surface area contributed by atoms with Gasteiger partial charge in [0.25, 0.3) is 0 Å². The van der Waals surface area contributed by atoms with Crippen LogP contribution in [0.25, 0.3) is 11.0 Å². The molecule has 0 radical (unpaired) electrons. The Balaban J connectivity index is 1.32. The molecular formula is C26H23N5O3. The third-order valence-corrected chi connectivity index (χ3v) is 5.44. The third-order valence-electron chi connectivity index (χ3n) is 5.44. The molecule has 0 saturated carbocycles. The summed E-state index contributed by atoms with van der Waals surface area (Å²) < 4.78 is 12.0.